The molecule has 11 nitrogen and oxygen atoms in total. The van der Waals surface area contributed by atoms with Crippen LogP contribution in [0.1, 0.15) is 70.1 Å². The predicted octanol–water partition coefficient (Wildman–Crippen LogP) is 5.87. The van der Waals surface area contributed by atoms with Crippen LogP contribution >= 0.6 is 0 Å². The van der Waals surface area contributed by atoms with Crippen molar-refractivity contribution < 1.29 is 50.2 Å². The van der Waals surface area contributed by atoms with Crippen molar-refractivity contribution in [2.24, 2.45) is 5.41 Å². The Morgan fingerprint density at radius 1 is 1.05 bits per heavy atom. The van der Waals surface area contributed by atoms with Gasteiger partial charge in [-0.05, 0) is 24.6 Å². The minimum Gasteiger partial charge on any atom is -0.436 e. The van der Waals surface area contributed by atoms with Crippen molar-refractivity contribution in [2.45, 2.75) is 77.6 Å². The number of H-pyrrole nitrogens is 1. The quantitative estimate of drug-likeness (QED) is 0.205. The lowest BCUT2D eigenvalue weighted by molar-refractivity contribution is -0.143. The molecule has 43 heavy (non-hydrogen) atoms. The van der Waals surface area contributed by atoms with Gasteiger partial charge >= 0.3 is 18.4 Å². The fraction of sp³-hybridized carbons (Fsp3) is 0.500. The van der Waals surface area contributed by atoms with E-state index < -0.39 is 76.5 Å². The van der Waals surface area contributed by atoms with Crippen LogP contribution in [0.15, 0.2) is 34.9 Å². The fourth-order valence-electron chi connectivity index (χ4n) is 3.87. The highest BCUT2D eigenvalue weighted by Gasteiger charge is 2.39. The number of aromatic amines is 1. The van der Waals surface area contributed by atoms with Gasteiger partial charge in [0, 0.05) is 17.0 Å². The Balaban J connectivity index is 1.85. The minimum atomic E-state index is -5.10. The van der Waals surface area contributed by atoms with Gasteiger partial charge in [-0.2, -0.15) is 31.4 Å². The van der Waals surface area contributed by atoms with Crippen molar-refractivity contribution >= 4 is 17.8 Å². The number of aliphatic hydroxyl groups excluding tert-OH is 1. The number of unbranched alkanes of at least 4 members (excludes halogenated alkanes) is 1. The Hall–Kier alpha value is -4.15. The largest absolute Gasteiger partial charge is 0.436 e. The molecule has 1 unspecified atom stereocenters. The van der Waals surface area contributed by atoms with E-state index in [2.05, 4.69) is 31.0 Å². The molecule has 2 aromatic heterocycles. The minimum absolute atomic E-state index is 0.0369. The van der Waals surface area contributed by atoms with Crippen LogP contribution < -0.4 is 10.6 Å². The molecule has 0 saturated heterocycles. The Bertz CT molecular complexity index is 1350. The molecule has 0 bridgehead atoms. The van der Waals surface area contributed by atoms with Crippen molar-refractivity contribution in [3.63, 3.8) is 0 Å². The molecule has 3 atom stereocenters. The van der Waals surface area contributed by atoms with Gasteiger partial charge in [-0.25, -0.2) is 4.79 Å². The molecule has 0 fully saturated rings. The van der Waals surface area contributed by atoms with E-state index in [4.69, 9.17) is 9.15 Å². The summed E-state index contributed by atoms with van der Waals surface area (Å²) in [6.45, 7) is 6.66. The average molecular weight is 621 g/mol. The summed E-state index contributed by atoms with van der Waals surface area (Å²) in [6.07, 6.45) is -11.6. The number of aliphatic hydroxyl groups is 1. The Kier molecular flexibility index (Phi) is 10.1. The molecule has 2 amide bonds. The summed E-state index contributed by atoms with van der Waals surface area (Å²) in [5.41, 5.74) is -4.77. The number of aromatic nitrogens is 4. The highest BCUT2D eigenvalue weighted by Crippen LogP contribution is 2.40. The molecule has 0 aliphatic rings. The molecule has 0 radical (unpaired) electrons. The number of benzene rings is 1. The lowest BCUT2D eigenvalue weighted by Crippen LogP contribution is -2.49. The molecule has 1 aromatic carbocycles. The Labute approximate surface area is 241 Å². The molecule has 3 aromatic rings. The number of hydrogen-bond donors (Lipinski definition) is 4. The highest BCUT2D eigenvalue weighted by atomic mass is 19.4. The highest BCUT2D eigenvalue weighted by molar-refractivity contribution is 5.94. The maximum atomic E-state index is 13.3. The molecule has 0 spiro atoms. The monoisotopic (exact) mass is 620 g/mol. The van der Waals surface area contributed by atoms with Gasteiger partial charge in [0.15, 0.2) is 12.2 Å². The first-order chi connectivity index (χ1) is 19.9. The van der Waals surface area contributed by atoms with Crippen LogP contribution in [0.3, 0.4) is 0 Å². The van der Waals surface area contributed by atoms with Gasteiger partial charge in [-0.1, -0.05) is 40.5 Å². The van der Waals surface area contributed by atoms with Gasteiger partial charge in [0.25, 0.3) is 11.8 Å². The number of nitrogens with zero attached hydrogens (tertiary/aromatic N) is 3. The standard InChI is InChI=1S/C26H30F6N6O5/c1-5-6-7-16(18(39)20(40)35-17-8-9-33-36-17)34-23(41)42-19(24(2,3)4)22-38-37-21(43-22)13-10-14(25(27,28)29)12-15(11-13)26(30,31)32/h8-12,16,18-19,39H,5-7H2,1-4H3,(H,34,41)(H2,33,35,36,40)/t16-,18+,19?/m0/s1. The van der Waals surface area contributed by atoms with Crippen LogP contribution in [0.2, 0.25) is 0 Å². The fourth-order valence-corrected chi connectivity index (χ4v) is 3.87. The van der Waals surface area contributed by atoms with Crippen molar-refractivity contribution in [2.75, 3.05) is 5.32 Å². The van der Waals surface area contributed by atoms with Crippen LogP contribution in [0.5, 0.6) is 0 Å². The van der Waals surface area contributed by atoms with Crippen LogP contribution in [0, 0.1) is 5.41 Å². The van der Waals surface area contributed by atoms with Crippen LogP contribution in [0.25, 0.3) is 11.5 Å². The topological polar surface area (TPSA) is 155 Å². The van der Waals surface area contributed by atoms with Crippen molar-refractivity contribution in [3.8, 4) is 11.5 Å². The number of alkyl carbamates (subject to hydrolysis) is 1. The summed E-state index contributed by atoms with van der Waals surface area (Å²) < 4.78 is 90.8. The SMILES string of the molecule is CCCC[C@H](NC(=O)OC(c1nnc(-c2cc(C(F)(F)F)cc(C(F)(F)F)c2)o1)C(C)(C)C)[C@@H](O)C(=O)Nc1ccn[nH]1. The second kappa shape index (κ2) is 13.0. The number of alkyl halides is 6. The van der Waals surface area contributed by atoms with E-state index in [-0.39, 0.29) is 18.3 Å². The van der Waals surface area contributed by atoms with E-state index >= 15 is 0 Å². The summed E-state index contributed by atoms with van der Waals surface area (Å²) in [6, 6.07) is 1.18. The van der Waals surface area contributed by atoms with Gasteiger partial charge in [0.2, 0.25) is 5.89 Å². The number of hydrogen-bond acceptors (Lipinski definition) is 8. The number of anilines is 1. The Morgan fingerprint density at radius 2 is 1.67 bits per heavy atom. The first kappa shape index (κ1) is 33.4. The van der Waals surface area contributed by atoms with Gasteiger partial charge in [-0.15, -0.1) is 10.2 Å². The average Bonchev–Trinajstić information content (AvgIpc) is 3.60. The van der Waals surface area contributed by atoms with E-state index in [9.17, 15) is 41.0 Å². The van der Waals surface area contributed by atoms with Crippen molar-refractivity contribution in [1.29, 1.82) is 0 Å². The zero-order valence-corrected chi connectivity index (χ0v) is 23.4. The maximum absolute atomic E-state index is 13.3. The van der Waals surface area contributed by atoms with E-state index in [1.54, 1.807) is 20.8 Å². The van der Waals surface area contributed by atoms with Gasteiger partial charge < -0.3 is 24.9 Å². The smallest absolute Gasteiger partial charge is 0.416 e. The van der Waals surface area contributed by atoms with Crippen LogP contribution in [-0.4, -0.2) is 49.6 Å². The molecule has 0 aliphatic heterocycles. The molecule has 2 heterocycles. The van der Waals surface area contributed by atoms with E-state index in [1.807, 2.05) is 6.92 Å². The lowest BCUT2D eigenvalue weighted by Gasteiger charge is -2.29. The van der Waals surface area contributed by atoms with Crippen LogP contribution in [0.4, 0.5) is 37.0 Å². The number of ether oxygens (including phenoxy) is 1. The molecule has 236 valence electrons. The third-order valence-corrected chi connectivity index (χ3v) is 6.09. The third kappa shape index (κ3) is 8.92. The van der Waals surface area contributed by atoms with E-state index in [1.165, 1.54) is 12.3 Å². The lowest BCUT2D eigenvalue weighted by atomic mass is 9.89. The Morgan fingerprint density at radius 3 is 2.19 bits per heavy atom. The first-order valence-electron chi connectivity index (χ1n) is 13.0. The number of halogens is 6. The number of nitrogens with one attached hydrogen (secondary N) is 3. The second-order valence-corrected chi connectivity index (χ2v) is 10.7. The molecule has 3 rings (SSSR count). The molecule has 0 saturated carbocycles. The van der Waals surface area contributed by atoms with Gasteiger partial charge in [-0.3, -0.25) is 9.89 Å². The van der Waals surface area contributed by atoms with Crippen LogP contribution in [-0.2, 0) is 21.9 Å². The zero-order valence-electron chi connectivity index (χ0n) is 23.4. The number of rotatable bonds is 10. The van der Waals surface area contributed by atoms with Crippen molar-refractivity contribution in [3.05, 3.63) is 47.5 Å². The summed E-state index contributed by atoms with van der Waals surface area (Å²) in [5.74, 6) is -1.70. The summed E-state index contributed by atoms with van der Waals surface area (Å²) in [7, 11) is 0. The normalized spacial score (nSPS) is 14.6. The van der Waals surface area contributed by atoms with E-state index in [0.717, 1.165) is 0 Å². The second-order valence-electron chi connectivity index (χ2n) is 10.7. The summed E-state index contributed by atoms with van der Waals surface area (Å²) in [4.78, 5) is 25.5. The summed E-state index contributed by atoms with van der Waals surface area (Å²) >= 11 is 0. The molecule has 17 heteroatoms. The van der Waals surface area contributed by atoms with Gasteiger partial charge in [0.1, 0.15) is 5.82 Å². The molecular formula is C26H30F6N6O5. The third-order valence-electron chi connectivity index (χ3n) is 6.09. The number of amides is 2. The maximum Gasteiger partial charge on any atom is 0.416 e. The number of carbonyl (C=O) groups is 2. The molecule has 0 aliphatic carbocycles. The first-order valence-corrected chi connectivity index (χ1v) is 13.0. The number of carbonyl (C=O) groups excluding carboxylic acids is 2. The van der Waals surface area contributed by atoms with Gasteiger partial charge in [0.05, 0.1) is 23.4 Å². The molecule has 4 N–H and O–H groups in total. The van der Waals surface area contributed by atoms with Crippen molar-refractivity contribution in [1.82, 2.24) is 25.7 Å². The zero-order chi connectivity index (χ0) is 32.2. The molecular weight excluding hydrogens is 590 g/mol. The summed E-state index contributed by atoms with van der Waals surface area (Å²) in [5, 5.41) is 29.0. The predicted molar refractivity (Wildman–Crippen MR) is 138 cm³/mol. The van der Waals surface area contributed by atoms with E-state index in [0.29, 0.717) is 25.0 Å².